The lowest BCUT2D eigenvalue weighted by Crippen LogP contribution is -1.66. The summed E-state index contributed by atoms with van der Waals surface area (Å²) in [4.78, 5) is 0. The van der Waals surface area contributed by atoms with Crippen LogP contribution in [0, 0.1) is 11.3 Å². The zero-order valence-electron chi connectivity index (χ0n) is 5.56. The second-order valence-electron chi connectivity index (χ2n) is 1.48. The average Bonchev–Trinajstić information content (AvgIpc) is 1.90. The first-order valence-electron chi connectivity index (χ1n) is 2.38. The molecule has 1 aromatic rings. The zero-order valence-corrected chi connectivity index (χ0v) is 8.01. The van der Waals surface area contributed by atoms with Gasteiger partial charge in [0.25, 0.3) is 0 Å². The molecule has 1 aromatic carbocycles. The molecular formula is C7H8Cl3N. The number of nitrogens with zero attached hydrogens (tertiary/aromatic N) is 1. The minimum absolute atomic E-state index is 0. The molecule has 0 fully saturated rings. The van der Waals surface area contributed by atoms with Crippen LogP contribution in [-0.4, -0.2) is 0 Å². The van der Waals surface area contributed by atoms with Crippen LogP contribution >= 0.6 is 37.2 Å². The van der Waals surface area contributed by atoms with Crippen molar-refractivity contribution in [3.05, 3.63) is 35.9 Å². The second kappa shape index (κ2) is 9.58. The first-order chi connectivity index (χ1) is 3.93. The van der Waals surface area contributed by atoms with Crippen LogP contribution in [0.15, 0.2) is 30.3 Å². The minimum atomic E-state index is 0. The highest BCUT2D eigenvalue weighted by Gasteiger charge is 1.79. The van der Waals surface area contributed by atoms with Gasteiger partial charge in [-0.15, -0.1) is 37.2 Å². The molecule has 0 aliphatic rings. The van der Waals surface area contributed by atoms with Crippen LogP contribution in [0.2, 0.25) is 0 Å². The summed E-state index contributed by atoms with van der Waals surface area (Å²) in [6, 6.07) is 11.2. The fourth-order valence-corrected chi connectivity index (χ4v) is 0.513. The van der Waals surface area contributed by atoms with Gasteiger partial charge >= 0.3 is 0 Å². The molecular weight excluding hydrogens is 204 g/mol. The highest BCUT2D eigenvalue weighted by Crippen LogP contribution is 1.92. The summed E-state index contributed by atoms with van der Waals surface area (Å²) < 4.78 is 0. The monoisotopic (exact) mass is 211 g/mol. The smallest absolute Gasteiger partial charge is 0.0991 e. The number of halogens is 3. The normalized spacial score (nSPS) is 5.73. The van der Waals surface area contributed by atoms with Crippen molar-refractivity contribution in [3.8, 4) is 6.07 Å². The molecule has 0 atom stereocenters. The van der Waals surface area contributed by atoms with Crippen molar-refractivity contribution in [3.63, 3.8) is 0 Å². The molecule has 0 aliphatic heterocycles. The van der Waals surface area contributed by atoms with Crippen molar-refractivity contribution < 1.29 is 0 Å². The molecule has 1 nitrogen and oxygen atoms in total. The maximum atomic E-state index is 8.29. The first-order valence-corrected chi connectivity index (χ1v) is 2.38. The van der Waals surface area contributed by atoms with Crippen LogP contribution in [0.5, 0.6) is 0 Å². The second-order valence-corrected chi connectivity index (χ2v) is 1.48. The van der Waals surface area contributed by atoms with Crippen LogP contribution < -0.4 is 0 Å². The van der Waals surface area contributed by atoms with Gasteiger partial charge in [-0.1, -0.05) is 18.2 Å². The number of hydrogen-bond donors (Lipinski definition) is 0. The van der Waals surface area contributed by atoms with Crippen molar-refractivity contribution in [2.24, 2.45) is 0 Å². The number of rotatable bonds is 0. The maximum absolute atomic E-state index is 8.29. The number of hydrogen-bond acceptors (Lipinski definition) is 1. The fraction of sp³-hybridized carbons (Fsp3) is 0. The molecule has 0 amide bonds. The van der Waals surface area contributed by atoms with Gasteiger partial charge in [0.1, 0.15) is 0 Å². The molecule has 0 aliphatic carbocycles. The predicted octanol–water partition coefficient (Wildman–Crippen LogP) is 2.82. The van der Waals surface area contributed by atoms with Crippen molar-refractivity contribution in [2.75, 3.05) is 0 Å². The van der Waals surface area contributed by atoms with Gasteiger partial charge in [0, 0.05) is 0 Å². The van der Waals surface area contributed by atoms with Crippen molar-refractivity contribution in [1.29, 1.82) is 5.26 Å². The van der Waals surface area contributed by atoms with Gasteiger partial charge in [-0.05, 0) is 12.1 Å². The van der Waals surface area contributed by atoms with Gasteiger partial charge in [-0.3, -0.25) is 0 Å². The largest absolute Gasteiger partial charge is 0.192 e. The Morgan fingerprint density at radius 2 is 1.36 bits per heavy atom. The van der Waals surface area contributed by atoms with Gasteiger partial charge in [0.2, 0.25) is 0 Å². The molecule has 11 heavy (non-hydrogen) atoms. The van der Waals surface area contributed by atoms with E-state index in [-0.39, 0.29) is 37.2 Å². The van der Waals surface area contributed by atoms with Gasteiger partial charge in [-0.2, -0.15) is 5.26 Å². The third kappa shape index (κ3) is 6.00. The van der Waals surface area contributed by atoms with Crippen LogP contribution in [-0.2, 0) is 0 Å². The molecule has 0 unspecified atom stereocenters. The first kappa shape index (κ1) is 16.9. The highest BCUT2D eigenvalue weighted by atomic mass is 35.5. The topological polar surface area (TPSA) is 23.8 Å². The van der Waals surface area contributed by atoms with E-state index in [2.05, 4.69) is 0 Å². The summed E-state index contributed by atoms with van der Waals surface area (Å²) in [6.45, 7) is 0. The molecule has 62 valence electrons. The summed E-state index contributed by atoms with van der Waals surface area (Å²) in [5.41, 5.74) is 0.715. The van der Waals surface area contributed by atoms with E-state index in [1.165, 1.54) is 0 Å². The van der Waals surface area contributed by atoms with Crippen molar-refractivity contribution in [1.82, 2.24) is 0 Å². The molecule has 0 radical (unpaired) electrons. The maximum Gasteiger partial charge on any atom is 0.0991 e. The Labute approximate surface area is 84.6 Å². The van der Waals surface area contributed by atoms with Crippen molar-refractivity contribution in [2.45, 2.75) is 0 Å². The standard InChI is InChI=1S/C7H5N.3ClH/c8-6-7-4-2-1-3-5-7;;;/h1-5H;3*1H. The molecule has 0 spiro atoms. The molecule has 0 heterocycles. The van der Waals surface area contributed by atoms with E-state index in [9.17, 15) is 0 Å². The molecule has 4 heteroatoms. The lowest BCUT2D eigenvalue weighted by atomic mass is 10.2. The summed E-state index contributed by atoms with van der Waals surface area (Å²) in [5.74, 6) is 0. The minimum Gasteiger partial charge on any atom is -0.192 e. The van der Waals surface area contributed by atoms with E-state index in [1.807, 2.05) is 24.3 Å². The van der Waals surface area contributed by atoms with Crippen LogP contribution in [0.4, 0.5) is 0 Å². The van der Waals surface area contributed by atoms with Gasteiger partial charge < -0.3 is 0 Å². The summed E-state index contributed by atoms with van der Waals surface area (Å²) in [7, 11) is 0. The average molecular weight is 213 g/mol. The Hall–Kier alpha value is -0.420. The van der Waals surface area contributed by atoms with Gasteiger partial charge in [-0.25, -0.2) is 0 Å². The van der Waals surface area contributed by atoms with Crippen molar-refractivity contribution >= 4 is 37.2 Å². The summed E-state index contributed by atoms with van der Waals surface area (Å²) >= 11 is 0. The third-order valence-corrected chi connectivity index (χ3v) is 0.903. The van der Waals surface area contributed by atoms with Crippen LogP contribution in [0.1, 0.15) is 5.56 Å². The highest BCUT2D eigenvalue weighted by molar-refractivity contribution is 5.86. The van der Waals surface area contributed by atoms with Crippen LogP contribution in [0.3, 0.4) is 0 Å². The predicted molar refractivity (Wildman–Crippen MR) is 52.9 cm³/mol. The molecule has 1 rings (SSSR count). The Bertz CT molecular complexity index is 205. The SMILES string of the molecule is Cl.Cl.Cl.N#Cc1ccccc1. The Balaban J connectivity index is -0.000000213. The van der Waals surface area contributed by atoms with E-state index in [1.54, 1.807) is 12.1 Å². The van der Waals surface area contributed by atoms with E-state index in [0.717, 1.165) is 0 Å². The van der Waals surface area contributed by atoms with E-state index >= 15 is 0 Å². The lowest BCUT2D eigenvalue weighted by molar-refractivity contribution is 1.49. The number of benzene rings is 1. The molecule has 0 bridgehead atoms. The Morgan fingerprint density at radius 3 is 1.64 bits per heavy atom. The molecule has 0 aromatic heterocycles. The Morgan fingerprint density at radius 1 is 0.909 bits per heavy atom. The summed E-state index contributed by atoms with van der Waals surface area (Å²) in [5, 5.41) is 8.29. The number of nitriles is 1. The quantitative estimate of drug-likeness (QED) is 0.649. The summed E-state index contributed by atoms with van der Waals surface area (Å²) in [6.07, 6.45) is 0. The molecule has 0 saturated heterocycles. The Kier molecular flexibility index (Phi) is 14.7. The van der Waals surface area contributed by atoms with Gasteiger partial charge in [0.15, 0.2) is 0 Å². The van der Waals surface area contributed by atoms with E-state index in [4.69, 9.17) is 5.26 Å². The van der Waals surface area contributed by atoms with E-state index < -0.39 is 0 Å². The zero-order chi connectivity index (χ0) is 5.82. The molecule has 0 saturated carbocycles. The fourth-order valence-electron chi connectivity index (χ4n) is 0.513. The van der Waals surface area contributed by atoms with E-state index in [0.29, 0.717) is 5.56 Å². The van der Waals surface area contributed by atoms with Crippen LogP contribution in [0.25, 0.3) is 0 Å². The third-order valence-electron chi connectivity index (χ3n) is 0.903. The molecule has 0 N–H and O–H groups in total. The lowest BCUT2D eigenvalue weighted by Gasteiger charge is -1.80. The van der Waals surface area contributed by atoms with Gasteiger partial charge in [0.05, 0.1) is 11.6 Å².